The fourth-order valence-corrected chi connectivity index (χ4v) is 2.58. The summed E-state index contributed by atoms with van der Waals surface area (Å²) in [6.07, 6.45) is 2.04. The topological polar surface area (TPSA) is 0 Å². The van der Waals surface area contributed by atoms with E-state index in [2.05, 4.69) is 46.3 Å². The second-order valence-corrected chi connectivity index (χ2v) is 5.52. The zero-order valence-corrected chi connectivity index (χ0v) is 11.8. The minimum Gasteiger partial charge on any atom is -0.0840 e. The number of benzene rings is 2. The van der Waals surface area contributed by atoms with Crippen LogP contribution >= 0.6 is 27.5 Å². The molecule has 0 aromatic heterocycles. The lowest BCUT2D eigenvalue weighted by Gasteiger charge is -2.10. The van der Waals surface area contributed by atoms with Crippen molar-refractivity contribution in [2.24, 2.45) is 0 Å². The Morgan fingerprint density at radius 3 is 2.29 bits per heavy atom. The van der Waals surface area contributed by atoms with Gasteiger partial charge in [0.1, 0.15) is 0 Å². The second kappa shape index (κ2) is 6.23. The number of rotatable bonds is 4. The van der Waals surface area contributed by atoms with Crippen molar-refractivity contribution in [2.45, 2.75) is 17.7 Å². The Bertz CT molecular complexity index is 467. The summed E-state index contributed by atoms with van der Waals surface area (Å²) in [4.78, 5) is 0.389. The molecule has 0 saturated heterocycles. The average Bonchev–Trinajstić information content (AvgIpc) is 2.38. The summed E-state index contributed by atoms with van der Waals surface area (Å²) in [5, 5.41) is 0.861. The van der Waals surface area contributed by atoms with Gasteiger partial charge >= 0.3 is 0 Å². The molecule has 17 heavy (non-hydrogen) atoms. The van der Waals surface area contributed by atoms with Gasteiger partial charge in [-0.05, 0) is 30.0 Å². The molecule has 0 spiro atoms. The van der Waals surface area contributed by atoms with Crippen molar-refractivity contribution in [2.75, 3.05) is 0 Å². The Kier molecular flexibility index (Phi) is 4.64. The van der Waals surface area contributed by atoms with Gasteiger partial charge in [0.15, 0.2) is 0 Å². The van der Waals surface area contributed by atoms with Crippen LogP contribution < -0.4 is 0 Å². The first-order valence-electron chi connectivity index (χ1n) is 5.70. The lowest BCUT2D eigenvalue weighted by molar-refractivity contribution is 0.813. The molecule has 1 atom stereocenters. The molecule has 0 fully saturated rings. The van der Waals surface area contributed by atoms with Crippen LogP contribution in [0, 0.1) is 0 Å². The highest BCUT2D eigenvalue weighted by Crippen LogP contribution is 2.29. The zero-order valence-electron chi connectivity index (χ0n) is 9.44. The standard InChI is InChI=1S/C15H14BrCl/c16-14(12-6-2-1-3-7-12)11-10-13-8-4-5-9-15(13)17/h1-9,14H,10-11H2. The van der Waals surface area contributed by atoms with Crippen molar-refractivity contribution in [1.29, 1.82) is 0 Å². The molecular weight excluding hydrogens is 296 g/mol. The molecule has 0 heterocycles. The van der Waals surface area contributed by atoms with Crippen LogP contribution in [0.3, 0.4) is 0 Å². The average molecular weight is 310 g/mol. The third-order valence-electron chi connectivity index (χ3n) is 2.79. The molecule has 88 valence electrons. The van der Waals surface area contributed by atoms with Gasteiger partial charge in [-0.3, -0.25) is 0 Å². The van der Waals surface area contributed by atoms with E-state index in [1.54, 1.807) is 0 Å². The molecule has 2 heteroatoms. The highest BCUT2D eigenvalue weighted by molar-refractivity contribution is 9.09. The molecular formula is C15H14BrCl. The van der Waals surface area contributed by atoms with E-state index in [0.29, 0.717) is 4.83 Å². The van der Waals surface area contributed by atoms with Crippen molar-refractivity contribution < 1.29 is 0 Å². The molecule has 0 aliphatic heterocycles. The number of alkyl halides is 1. The SMILES string of the molecule is Clc1ccccc1CCC(Br)c1ccccc1. The van der Waals surface area contributed by atoms with Crippen LogP contribution in [0.1, 0.15) is 22.4 Å². The molecule has 2 aromatic carbocycles. The van der Waals surface area contributed by atoms with Gasteiger partial charge in [-0.15, -0.1) is 0 Å². The quantitative estimate of drug-likeness (QED) is 0.663. The summed E-state index contributed by atoms with van der Waals surface area (Å²) < 4.78 is 0. The van der Waals surface area contributed by atoms with Crippen LogP contribution in [0.4, 0.5) is 0 Å². The van der Waals surface area contributed by atoms with Crippen LogP contribution in [-0.4, -0.2) is 0 Å². The summed E-state index contributed by atoms with van der Waals surface area (Å²) in [6.45, 7) is 0. The Hall–Kier alpha value is -0.790. The molecule has 0 aliphatic carbocycles. The first-order chi connectivity index (χ1) is 8.27. The van der Waals surface area contributed by atoms with Crippen LogP contribution in [0.25, 0.3) is 0 Å². The van der Waals surface area contributed by atoms with E-state index in [4.69, 9.17) is 11.6 Å². The summed E-state index contributed by atoms with van der Waals surface area (Å²) in [6, 6.07) is 18.5. The maximum atomic E-state index is 6.14. The van der Waals surface area contributed by atoms with Gasteiger partial charge in [-0.1, -0.05) is 76.1 Å². The molecule has 0 aliphatic rings. The second-order valence-electron chi connectivity index (χ2n) is 4.01. The van der Waals surface area contributed by atoms with E-state index in [-0.39, 0.29) is 0 Å². The summed E-state index contributed by atoms with van der Waals surface area (Å²) >= 11 is 9.86. The van der Waals surface area contributed by atoms with Crippen LogP contribution in [0.2, 0.25) is 5.02 Å². The van der Waals surface area contributed by atoms with Crippen molar-refractivity contribution >= 4 is 27.5 Å². The molecule has 0 bridgehead atoms. The summed E-state index contributed by atoms with van der Waals surface area (Å²) in [5.41, 5.74) is 2.54. The van der Waals surface area contributed by atoms with Crippen LogP contribution in [-0.2, 0) is 6.42 Å². The molecule has 0 nitrogen and oxygen atoms in total. The van der Waals surface area contributed by atoms with Gasteiger partial charge in [-0.25, -0.2) is 0 Å². The van der Waals surface area contributed by atoms with Gasteiger partial charge in [0.05, 0.1) is 0 Å². The Morgan fingerprint density at radius 2 is 1.59 bits per heavy atom. The van der Waals surface area contributed by atoms with Gasteiger partial charge < -0.3 is 0 Å². The molecule has 0 amide bonds. The molecule has 0 saturated carbocycles. The van der Waals surface area contributed by atoms with E-state index in [1.807, 2.05) is 24.3 Å². The van der Waals surface area contributed by atoms with Gasteiger partial charge in [0, 0.05) is 9.85 Å². The molecule has 1 unspecified atom stereocenters. The normalized spacial score (nSPS) is 12.4. The van der Waals surface area contributed by atoms with Crippen molar-refractivity contribution in [1.82, 2.24) is 0 Å². The van der Waals surface area contributed by atoms with E-state index >= 15 is 0 Å². The monoisotopic (exact) mass is 308 g/mol. The Balaban J connectivity index is 1.97. The highest BCUT2D eigenvalue weighted by atomic mass is 79.9. The summed E-state index contributed by atoms with van der Waals surface area (Å²) in [5.74, 6) is 0. The van der Waals surface area contributed by atoms with E-state index < -0.39 is 0 Å². The van der Waals surface area contributed by atoms with Crippen molar-refractivity contribution in [3.05, 3.63) is 70.7 Å². The number of aryl methyl sites for hydroxylation is 1. The third-order valence-corrected chi connectivity index (χ3v) is 4.14. The predicted molar refractivity (Wildman–Crippen MR) is 77.9 cm³/mol. The lowest BCUT2D eigenvalue weighted by Crippen LogP contribution is -1.94. The first-order valence-corrected chi connectivity index (χ1v) is 6.99. The smallest absolute Gasteiger partial charge is 0.0437 e. The molecule has 0 N–H and O–H groups in total. The fraction of sp³-hybridized carbons (Fsp3) is 0.200. The van der Waals surface area contributed by atoms with E-state index in [0.717, 1.165) is 17.9 Å². The van der Waals surface area contributed by atoms with E-state index in [9.17, 15) is 0 Å². The number of hydrogen-bond donors (Lipinski definition) is 0. The van der Waals surface area contributed by atoms with E-state index in [1.165, 1.54) is 11.1 Å². The Labute approximate surface area is 116 Å². The Morgan fingerprint density at radius 1 is 0.941 bits per heavy atom. The maximum absolute atomic E-state index is 6.14. The fourth-order valence-electron chi connectivity index (χ4n) is 1.81. The van der Waals surface area contributed by atoms with Crippen molar-refractivity contribution in [3.8, 4) is 0 Å². The molecule has 0 radical (unpaired) electrons. The van der Waals surface area contributed by atoms with Gasteiger partial charge in [0.2, 0.25) is 0 Å². The first kappa shape index (κ1) is 12.7. The van der Waals surface area contributed by atoms with Gasteiger partial charge in [0.25, 0.3) is 0 Å². The highest BCUT2D eigenvalue weighted by Gasteiger charge is 2.08. The van der Waals surface area contributed by atoms with Crippen LogP contribution in [0.15, 0.2) is 54.6 Å². The molecule has 2 rings (SSSR count). The lowest BCUT2D eigenvalue weighted by atomic mass is 10.0. The number of halogens is 2. The largest absolute Gasteiger partial charge is 0.0840 e. The minimum absolute atomic E-state index is 0.389. The van der Waals surface area contributed by atoms with Gasteiger partial charge in [-0.2, -0.15) is 0 Å². The van der Waals surface area contributed by atoms with Crippen LogP contribution in [0.5, 0.6) is 0 Å². The zero-order chi connectivity index (χ0) is 12.1. The molecule has 2 aromatic rings. The number of hydrogen-bond acceptors (Lipinski definition) is 0. The predicted octanol–water partition coefficient (Wildman–Crippen LogP) is 5.41. The summed E-state index contributed by atoms with van der Waals surface area (Å²) in [7, 11) is 0. The minimum atomic E-state index is 0.389. The third kappa shape index (κ3) is 3.58. The maximum Gasteiger partial charge on any atom is 0.0437 e. The van der Waals surface area contributed by atoms with Crippen molar-refractivity contribution in [3.63, 3.8) is 0 Å².